The van der Waals surface area contributed by atoms with Gasteiger partial charge in [0.25, 0.3) is 0 Å². The second-order valence-corrected chi connectivity index (χ2v) is 4.93. The van der Waals surface area contributed by atoms with Crippen LogP contribution in [0.15, 0.2) is 60.7 Å². The van der Waals surface area contributed by atoms with Crippen molar-refractivity contribution in [1.29, 1.82) is 0 Å². The Kier molecular flexibility index (Phi) is 6.58. The van der Waals surface area contributed by atoms with E-state index in [4.69, 9.17) is 9.47 Å². The van der Waals surface area contributed by atoms with Gasteiger partial charge in [0, 0.05) is 12.6 Å². The van der Waals surface area contributed by atoms with Crippen LogP contribution in [-0.2, 0) is 9.59 Å². The van der Waals surface area contributed by atoms with Crippen LogP contribution in [0.2, 0.25) is 0 Å². The molecule has 124 valence electrons. The summed E-state index contributed by atoms with van der Waals surface area (Å²) in [6, 6.07) is 16.1. The van der Waals surface area contributed by atoms with Gasteiger partial charge in [-0.3, -0.25) is 9.59 Å². The molecule has 24 heavy (non-hydrogen) atoms. The maximum absolute atomic E-state index is 11.7. The summed E-state index contributed by atoms with van der Waals surface area (Å²) < 4.78 is 10.2. The number of benzene rings is 2. The summed E-state index contributed by atoms with van der Waals surface area (Å²) in [6.45, 7) is 0.220. The highest BCUT2D eigenvalue weighted by molar-refractivity contribution is 5.91. The number of hydrogen-bond donors (Lipinski definition) is 1. The lowest BCUT2D eigenvalue weighted by Gasteiger charge is -2.04. The molecule has 2 aromatic rings. The van der Waals surface area contributed by atoms with Gasteiger partial charge in [-0.15, -0.1) is 0 Å². The highest BCUT2D eigenvalue weighted by Gasteiger charge is 2.05. The Bertz CT molecular complexity index is 693. The zero-order valence-corrected chi connectivity index (χ0v) is 13.4. The van der Waals surface area contributed by atoms with Crippen molar-refractivity contribution in [3.8, 4) is 11.5 Å². The van der Waals surface area contributed by atoms with Crippen LogP contribution in [0.4, 0.5) is 0 Å². The van der Waals surface area contributed by atoms with Crippen molar-refractivity contribution in [2.75, 3.05) is 13.7 Å². The summed E-state index contributed by atoms with van der Waals surface area (Å²) >= 11 is 0. The van der Waals surface area contributed by atoms with E-state index in [1.165, 1.54) is 6.08 Å². The minimum Gasteiger partial charge on any atom is -0.497 e. The van der Waals surface area contributed by atoms with Gasteiger partial charge in [-0.1, -0.05) is 30.3 Å². The molecule has 2 rings (SSSR count). The van der Waals surface area contributed by atoms with Gasteiger partial charge >= 0.3 is 5.97 Å². The molecular formula is C19H19NO4. The molecule has 0 aromatic heterocycles. The third-order valence-electron chi connectivity index (χ3n) is 3.15. The third kappa shape index (κ3) is 5.96. The number of carbonyl (C=O) groups is 2. The molecule has 0 spiro atoms. The number of nitrogens with one attached hydrogen (secondary N) is 1. The number of ether oxygens (including phenoxy) is 2. The number of carbonyl (C=O) groups excluding carboxylic acids is 2. The molecule has 0 atom stereocenters. The molecular weight excluding hydrogens is 306 g/mol. The summed E-state index contributed by atoms with van der Waals surface area (Å²) in [7, 11) is 1.60. The maximum atomic E-state index is 11.7. The highest BCUT2D eigenvalue weighted by atomic mass is 16.5. The molecule has 0 saturated carbocycles. The van der Waals surface area contributed by atoms with Crippen molar-refractivity contribution in [2.45, 2.75) is 6.42 Å². The van der Waals surface area contributed by atoms with E-state index in [0.29, 0.717) is 5.75 Å². The first kappa shape index (κ1) is 17.3. The average Bonchev–Trinajstić information content (AvgIpc) is 2.61. The van der Waals surface area contributed by atoms with Gasteiger partial charge in [0.2, 0.25) is 5.91 Å². The van der Waals surface area contributed by atoms with E-state index >= 15 is 0 Å². The number of rotatable bonds is 7. The van der Waals surface area contributed by atoms with Gasteiger partial charge in [-0.25, -0.2) is 0 Å². The molecule has 0 bridgehead atoms. The molecule has 0 aliphatic heterocycles. The lowest BCUT2D eigenvalue weighted by Crippen LogP contribution is -2.25. The first-order valence-electron chi connectivity index (χ1n) is 7.53. The Balaban J connectivity index is 1.70. The predicted octanol–water partition coefficient (Wildman–Crippen LogP) is 2.82. The lowest BCUT2D eigenvalue weighted by molar-refractivity contribution is -0.134. The molecule has 5 heteroatoms. The smallest absolute Gasteiger partial charge is 0.312 e. The monoisotopic (exact) mass is 325 g/mol. The van der Waals surface area contributed by atoms with Crippen LogP contribution in [0, 0.1) is 0 Å². The minimum absolute atomic E-state index is 0.108. The van der Waals surface area contributed by atoms with Crippen molar-refractivity contribution < 1.29 is 19.1 Å². The topological polar surface area (TPSA) is 64.6 Å². The largest absolute Gasteiger partial charge is 0.497 e. The number of methoxy groups -OCH3 is 1. The van der Waals surface area contributed by atoms with Gasteiger partial charge in [0.15, 0.2) is 0 Å². The van der Waals surface area contributed by atoms with Crippen molar-refractivity contribution in [2.24, 2.45) is 0 Å². The van der Waals surface area contributed by atoms with Gasteiger partial charge in [-0.2, -0.15) is 0 Å². The Morgan fingerprint density at radius 3 is 2.38 bits per heavy atom. The van der Waals surface area contributed by atoms with Gasteiger partial charge < -0.3 is 14.8 Å². The minimum atomic E-state index is -0.388. The predicted molar refractivity (Wildman–Crippen MR) is 91.7 cm³/mol. The van der Waals surface area contributed by atoms with Crippen LogP contribution < -0.4 is 14.8 Å². The fraction of sp³-hybridized carbons (Fsp3) is 0.158. The summed E-state index contributed by atoms with van der Waals surface area (Å²) in [4.78, 5) is 23.3. The van der Waals surface area contributed by atoms with E-state index in [2.05, 4.69) is 5.32 Å². The van der Waals surface area contributed by atoms with E-state index in [-0.39, 0.29) is 24.8 Å². The summed E-state index contributed by atoms with van der Waals surface area (Å²) in [5.41, 5.74) is 0.884. The van der Waals surface area contributed by atoms with Crippen molar-refractivity contribution >= 4 is 18.0 Å². The van der Waals surface area contributed by atoms with Crippen LogP contribution in [0.1, 0.15) is 12.0 Å². The lowest BCUT2D eigenvalue weighted by atomic mass is 10.2. The SMILES string of the molecule is COc1ccc(/C=C/C(=O)NCCC(=O)Oc2ccccc2)cc1. The Hall–Kier alpha value is -3.08. The molecule has 1 amide bonds. The van der Waals surface area contributed by atoms with Crippen LogP contribution in [0.3, 0.4) is 0 Å². The van der Waals surface area contributed by atoms with Crippen LogP contribution >= 0.6 is 0 Å². The second-order valence-electron chi connectivity index (χ2n) is 4.93. The molecule has 0 heterocycles. The first-order valence-corrected chi connectivity index (χ1v) is 7.53. The standard InChI is InChI=1S/C19H19NO4/c1-23-16-10-7-15(8-11-16)9-12-18(21)20-14-13-19(22)24-17-5-3-2-4-6-17/h2-12H,13-14H2,1H3,(H,20,21)/b12-9+. The molecule has 0 fully saturated rings. The van der Waals surface area contributed by atoms with Gasteiger partial charge in [0.1, 0.15) is 11.5 Å². The van der Waals surface area contributed by atoms with Gasteiger partial charge in [-0.05, 0) is 35.9 Å². The van der Waals surface area contributed by atoms with Crippen molar-refractivity contribution in [1.82, 2.24) is 5.32 Å². The molecule has 0 aliphatic carbocycles. The van der Waals surface area contributed by atoms with Crippen LogP contribution in [0.25, 0.3) is 6.08 Å². The highest BCUT2D eigenvalue weighted by Crippen LogP contribution is 2.12. The van der Waals surface area contributed by atoms with Crippen LogP contribution in [0.5, 0.6) is 11.5 Å². The number of para-hydroxylation sites is 1. The van der Waals surface area contributed by atoms with E-state index < -0.39 is 0 Å². The first-order chi connectivity index (χ1) is 11.7. The fourth-order valence-electron chi connectivity index (χ4n) is 1.90. The summed E-state index contributed by atoms with van der Waals surface area (Å²) in [5, 5.41) is 2.64. The molecule has 0 unspecified atom stereocenters. The van der Waals surface area contributed by atoms with E-state index in [9.17, 15) is 9.59 Å². The molecule has 0 radical (unpaired) electrons. The third-order valence-corrected chi connectivity index (χ3v) is 3.15. The molecule has 0 aliphatic rings. The Labute approximate surface area is 140 Å². The maximum Gasteiger partial charge on any atom is 0.312 e. The fourth-order valence-corrected chi connectivity index (χ4v) is 1.90. The molecule has 5 nitrogen and oxygen atoms in total. The van der Waals surface area contributed by atoms with Crippen molar-refractivity contribution in [3.63, 3.8) is 0 Å². The van der Waals surface area contributed by atoms with E-state index in [0.717, 1.165) is 11.3 Å². The van der Waals surface area contributed by atoms with Gasteiger partial charge in [0.05, 0.1) is 13.5 Å². The number of hydrogen-bond acceptors (Lipinski definition) is 4. The van der Waals surface area contributed by atoms with Crippen LogP contribution in [-0.4, -0.2) is 25.5 Å². The Morgan fingerprint density at radius 1 is 1.00 bits per heavy atom. The molecule has 0 saturated heterocycles. The normalized spacial score (nSPS) is 10.4. The second kappa shape index (κ2) is 9.15. The van der Waals surface area contributed by atoms with E-state index in [1.807, 2.05) is 30.3 Å². The Morgan fingerprint density at radius 2 is 1.71 bits per heavy atom. The van der Waals surface area contributed by atoms with Crippen molar-refractivity contribution in [3.05, 3.63) is 66.2 Å². The number of esters is 1. The zero-order chi connectivity index (χ0) is 17.2. The average molecular weight is 325 g/mol. The summed E-state index contributed by atoms with van der Waals surface area (Å²) in [6.07, 6.45) is 3.22. The number of amides is 1. The van der Waals surface area contributed by atoms with E-state index in [1.54, 1.807) is 37.5 Å². The summed E-state index contributed by atoms with van der Waals surface area (Å²) in [5.74, 6) is 0.598. The zero-order valence-electron chi connectivity index (χ0n) is 13.4. The quantitative estimate of drug-likeness (QED) is 0.483. The molecule has 1 N–H and O–H groups in total. The molecule has 2 aromatic carbocycles.